The van der Waals surface area contributed by atoms with Gasteiger partial charge in [-0.3, -0.25) is 4.79 Å². The van der Waals surface area contributed by atoms with Crippen molar-refractivity contribution in [2.75, 3.05) is 13.6 Å². The SMILES string of the molecule is C/C=C/C=C/C(=O)OC1CCC2C[C@@H]3[C@@H]4CCC(=O)[C@]5(C)OC1C2[C@]45CCN3C. The number of piperidine rings is 1. The van der Waals surface area contributed by atoms with Gasteiger partial charge in [-0.2, -0.15) is 0 Å². The van der Waals surface area contributed by atoms with Crippen molar-refractivity contribution < 1.29 is 19.1 Å². The maximum atomic E-state index is 13.2. The largest absolute Gasteiger partial charge is 0.456 e. The molecule has 5 fully saturated rings. The van der Waals surface area contributed by atoms with E-state index in [1.165, 1.54) is 12.5 Å². The molecule has 5 aliphatic rings. The maximum absolute atomic E-state index is 13.2. The van der Waals surface area contributed by atoms with Crippen LogP contribution in [0.2, 0.25) is 0 Å². The molecule has 158 valence electrons. The van der Waals surface area contributed by atoms with E-state index in [1.807, 2.05) is 19.1 Å². The minimum absolute atomic E-state index is 0.0844. The molecule has 3 aliphatic carbocycles. The van der Waals surface area contributed by atoms with Gasteiger partial charge >= 0.3 is 5.97 Å². The Kier molecular flexibility index (Phi) is 4.56. The van der Waals surface area contributed by atoms with Gasteiger partial charge in [0.05, 0.1) is 6.10 Å². The summed E-state index contributed by atoms with van der Waals surface area (Å²) in [6.45, 7) is 5.01. The second-order valence-electron chi connectivity index (χ2n) is 9.98. The lowest BCUT2D eigenvalue weighted by Gasteiger charge is -2.65. The lowest BCUT2D eigenvalue weighted by atomic mass is 9.42. The monoisotopic (exact) mass is 399 g/mol. The Morgan fingerprint density at radius 1 is 1.28 bits per heavy atom. The van der Waals surface area contributed by atoms with E-state index >= 15 is 0 Å². The third kappa shape index (κ3) is 2.53. The van der Waals surface area contributed by atoms with E-state index in [0.29, 0.717) is 30.2 Å². The molecule has 29 heavy (non-hydrogen) atoms. The van der Waals surface area contributed by atoms with Crippen LogP contribution in [0.5, 0.6) is 0 Å². The molecule has 0 aromatic carbocycles. The highest BCUT2D eigenvalue weighted by Crippen LogP contribution is 2.71. The topological polar surface area (TPSA) is 55.8 Å². The summed E-state index contributed by atoms with van der Waals surface area (Å²) in [5.74, 6) is 1.36. The molecule has 2 bridgehead atoms. The van der Waals surface area contributed by atoms with Gasteiger partial charge in [-0.05, 0) is 71.4 Å². The number of carbonyl (C=O) groups excluding carboxylic acids is 2. The number of hydrogen-bond donors (Lipinski definition) is 0. The zero-order valence-electron chi connectivity index (χ0n) is 17.8. The zero-order chi connectivity index (χ0) is 20.4. The highest BCUT2D eigenvalue weighted by Gasteiger charge is 2.76. The van der Waals surface area contributed by atoms with Gasteiger partial charge in [-0.15, -0.1) is 0 Å². The second kappa shape index (κ2) is 6.78. The fourth-order valence-electron chi connectivity index (χ4n) is 7.93. The van der Waals surface area contributed by atoms with E-state index in [1.54, 1.807) is 6.08 Å². The lowest BCUT2D eigenvalue weighted by molar-refractivity contribution is -0.188. The fourth-order valence-corrected chi connectivity index (χ4v) is 7.93. The van der Waals surface area contributed by atoms with Crippen LogP contribution in [0.25, 0.3) is 0 Å². The van der Waals surface area contributed by atoms with Crippen molar-refractivity contribution in [3.8, 4) is 0 Å². The minimum atomic E-state index is -0.723. The average Bonchev–Trinajstić information content (AvgIpc) is 2.98. The van der Waals surface area contributed by atoms with Crippen molar-refractivity contribution in [1.82, 2.24) is 4.90 Å². The van der Waals surface area contributed by atoms with Crippen molar-refractivity contribution in [3.63, 3.8) is 0 Å². The molecule has 0 aromatic heterocycles. The number of allylic oxidation sites excluding steroid dienone is 3. The first-order valence-electron chi connectivity index (χ1n) is 11.3. The number of ketones is 1. The van der Waals surface area contributed by atoms with E-state index in [-0.39, 0.29) is 29.4 Å². The molecule has 2 aliphatic heterocycles. The Morgan fingerprint density at radius 2 is 2.10 bits per heavy atom. The Hall–Kier alpha value is -1.46. The quantitative estimate of drug-likeness (QED) is 0.414. The Balaban J connectivity index is 1.50. The molecule has 5 nitrogen and oxygen atoms in total. The van der Waals surface area contributed by atoms with Crippen LogP contribution in [0, 0.1) is 23.2 Å². The van der Waals surface area contributed by atoms with Crippen molar-refractivity contribution in [3.05, 3.63) is 24.3 Å². The predicted octanol–water partition coefficient (Wildman–Crippen LogP) is 3.29. The van der Waals surface area contributed by atoms with Gasteiger partial charge in [0, 0.05) is 29.9 Å². The molecule has 0 amide bonds. The number of carbonyl (C=O) groups is 2. The molecule has 8 atom stereocenters. The van der Waals surface area contributed by atoms with Crippen molar-refractivity contribution in [2.24, 2.45) is 23.2 Å². The van der Waals surface area contributed by atoms with E-state index in [9.17, 15) is 9.59 Å². The molecule has 2 heterocycles. The van der Waals surface area contributed by atoms with Crippen LogP contribution in [-0.4, -0.2) is 54.1 Å². The highest BCUT2D eigenvalue weighted by molar-refractivity contribution is 5.90. The van der Waals surface area contributed by atoms with Crippen molar-refractivity contribution >= 4 is 11.8 Å². The lowest BCUT2D eigenvalue weighted by Crippen LogP contribution is -2.70. The molecular weight excluding hydrogens is 366 g/mol. The molecule has 5 rings (SSSR count). The minimum Gasteiger partial charge on any atom is -0.456 e. The van der Waals surface area contributed by atoms with Crippen LogP contribution < -0.4 is 0 Å². The standard InChI is InChI=1S/C24H33NO4/c1-4-5-6-7-20(27)28-18-10-8-15-14-17-16-9-11-19(26)23(2)24(16,12-13-25(17)3)21(15)22(18)29-23/h4-7,15-18,21-22H,8-14H2,1-3H3/b5-4+,7-6+/t15?,16-,17+,18?,21?,22?,23-,24-/m0/s1. The van der Waals surface area contributed by atoms with Crippen LogP contribution in [0.1, 0.15) is 52.4 Å². The zero-order valence-corrected chi connectivity index (χ0v) is 17.8. The number of nitrogens with zero attached hydrogens (tertiary/aromatic N) is 1. The predicted molar refractivity (Wildman–Crippen MR) is 109 cm³/mol. The Bertz CT molecular complexity index is 775. The van der Waals surface area contributed by atoms with Crippen LogP contribution in [0.4, 0.5) is 0 Å². The molecule has 1 spiro atoms. The van der Waals surface area contributed by atoms with Crippen LogP contribution in [0.3, 0.4) is 0 Å². The number of likely N-dealkylation sites (tertiary alicyclic amines) is 1. The summed E-state index contributed by atoms with van der Waals surface area (Å²) in [5.41, 5.74) is -0.807. The van der Waals surface area contributed by atoms with Gasteiger partial charge in [-0.25, -0.2) is 4.79 Å². The third-order valence-electron chi connectivity index (χ3n) is 9.04. The van der Waals surface area contributed by atoms with E-state index < -0.39 is 5.60 Å². The molecule has 3 saturated carbocycles. The van der Waals surface area contributed by atoms with Gasteiger partial charge in [0.1, 0.15) is 11.7 Å². The van der Waals surface area contributed by atoms with Gasteiger partial charge in [0.25, 0.3) is 0 Å². The highest BCUT2D eigenvalue weighted by atomic mass is 16.6. The molecule has 0 N–H and O–H groups in total. The first kappa shape index (κ1) is 19.5. The summed E-state index contributed by atoms with van der Waals surface area (Å²) < 4.78 is 12.6. The normalized spacial score (nSPS) is 48.9. The van der Waals surface area contributed by atoms with E-state index in [0.717, 1.165) is 32.2 Å². The first-order valence-corrected chi connectivity index (χ1v) is 11.3. The van der Waals surface area contributed by atoms with Crippen molar-refractivity contribution in [2.45, 2.75) is 76.2 Å². The van der Waals surface area contributed by atoms with Gasteiger partial charge in [-0.1, -0.05) is 18.2 Å². The molecule has 2 saturated heterocycles. The Morgan fingerprint density at radius 3 is 2.90 bits per heavy atom. The summed E-state index contributed by atoms with van der Waals surface area (Å²) in [5, 5.41) is 0. The first-order chi connectivity index (χ1) is 13.9. The number of Topliss-reactive ketones (excluding diaryl/α,β-unsaturated/α-hetero) is 1. The molecule has 0 radical (unpaired) electrons. The third-order valence-corrected chi connectivity index (χ3v) is 9.04. The summed E-state index contributed by atoms with van der Waals surface area (Å²) in [4.78, 5) is 28.1. The number of rotatable bonds is 3. The summed E-state index contributed by atoms with van der Waals surface area (Å²) in [6.07, 6.45) is 12.2. The fraction of sp³-hybridized carbons (Fsp3) is 0.750. The molecule has 5 heteroatoms. The van der Waals surface area contributed by atoms with Crippen LogP contribution in [-0.2, 0) is 19.1 Å². The van der Waals surface area contributed by atoms with Gasteiger partial charge in [0.15, 0.2) is 5.78 Å². The number of hydrogen-bond acceptors (Lipinski definition) is 5. The van der Waals surface area contributed by atoms with Crippen LogP contribution >= 0.6 is 0 Å². The van der Waals surface area contributed by atoms with E-state index in [2.05, 4.69) is 18.9 Å². The average molecular weight is 400 g/mol. The van der Waals surface area contributed by atoms with Crippen LogP contribution in [0.15, 0.2) is 24.3 Å². The summed E-state index contributed by atoms with van der Waals surface area (Å²) in [7, 11) is 2.25. The smallest absolute Gasteiger partial charge is 0.331 e. The van der Waals surface area contributed by atoms with Gasteiger partial charge in [0.2, 0.25) is 0 Å². The molecule has 0 aromatic rings. The molecule has 4 unspecified atom stereocenters. The summed E-state index contributed by atoms with van der Waals surface area (Å²) >= 11 is 0. The summed E-state index contributed by atoms with van der Waals surface area (Å²) in [6, 6.07) is 0.558. The number of ether oxygens (including phenoxy) is 2. The van der Waals surface area contributed by atoms with Gasteiger partial charge < -0.3 is 14.4 Å². The second-order valence-corrected chi connectivity index (χ2v) is 9.98. The number of esters is 1. The molecular formula is C24H33NO4. The van der Waals surface area contributed by atoms with Crippen molar-refractivity contribution in [1.29, 1.82) is 0 Å². The Labute approximate surface area is 173 Å². The maximum Gasteiger partial charge on any atom is 0.331 e. The van der Waals surface area contributed by atoms with E-state index in [4.69, 9.17) is 9.47 Å².